The van der Waals surface area contributed by atoms with E-state index >= 15 is 0 Å². The fraction of sp³-hybridized carbons (Fsp3) is 0.435. The summed E-state index contributed by atoms with van der Waals surface area (Å²) in [6, 6.07) is 15.2. The molecule has 0 saturated heterocycles. The largest absolute Gasteiger partial charge is 0.416 e. The lowest BCUT2D eigenvalue weighted by molar-refractivity contribution is -0.137. The van der Waals surface area contributed by atoms with Crippen molar-refractivity contribution < 1.29 is 18.0 Å². The van der Waals surface area contributed by atoms with E-state index in [1.165, 1.54) is 11.6 Å². The molecule has 0 radical (unpaired) electrons. The smallest absolute Gasteiger partial charge is 0.351 e. The Morgan fingerprint density at radius 3 is 2.60 bits per heavy atom. The molecule has 3 rings (SSSR count). The molecule has 2 unspecified atom stereocenters. The first-order valence-electron chi connectivity index (χ1n) is 10.3. The second-order valence-corrected chi connectivity index (χ2v) is 7.83. The van der Waals surface area contributed by atoms with Crippen molar-refractivity contribution in [2.75, 3.05) is 6.54 Å². The summed E-state index contributed by atoms with van der Waals surface area (Å²) in [7, 11) is 0. The van der Waals surface area contributed by atoms with Crippen LogP contribution in [0.4, 0.5) is 13.2 Å². The normalized spacial score (nSPS) is 19.3. The Bertz CT molecular complexity index is 826. The number of nitrogens with two attached hydrogens (primary N) is 1. The molecular weight excluding hydrogens is 391 g/mol. The van der Waals surface area contributed by atoms with Crippen molar-refractivity contribution >= 4 is 5.91 Å². The monoisotopic (exact) mass is 419 g/mol. The van der Waals surface area contributed by atoms with Crippen LogP contribution in [0.25, 0.3) is 0 Å². The van der Waals surface area contributed by atoms with Gasteiger partial charge in [-0.1, -0.05) is 48.9 Å². The van der Waals surface area contributed by atoms with Gasteiger partial charge in [-0.2, -0.15) is 13.2 Å². The van der Waals surface area contributed by atoms with Gasteiger partial charge in [-0.25, -0.2) is 0 Å². The molecular formula is C23H28F3N3O. The quantitative estimate of drug-likeness (QED) is 0.511. The van der Waals surface area contributed by atoms with E-state index in [0.29, 0.717) is 23.9 Å². The molecule has 0 aromatic heterocycles. The highest BCUT2D eigenvalue weighted by Crippen LogP contribution is 2.40. The third-order valence-electron chi connectivity index (χ3n) is 5.42. The van der Waals surface area contributed by atoms with Crippen molar-refractivity contribution in [1.29, 1.82) is 0 Å². The molecule has 0 spiro atoms. The summed E-state index contributed by atoms with van der Waals surface area (Å²) in [6.07, 6.45) is -0.961. The van der Waals surface area contributed by atoms with Crippen LogP contribution in [0.3, 0.4) is 0 Å². The highest BCUT2D eigenvalue weighted by Gasteiger charge is 2.37. The Morgan fingerprint density at radius 2 is 1.87 bits per heavy atom. The summed E-state index contributed by atoms with van der Waals surface area (Å²) in [6.45, 7) is 0.910. The van der Waals surface area contributed by atoms with Gasteiger partial charge in [-0.05, 0) is 49.1 Å². The van der Waals surface area contributed by atoms with E-state index < -0.39 is 17.8 Å². The maximum atomic E-state index is 12.7. The average Bonchev–Trinajstić information content (AvgIpc) is 3.51. The van der Waals surface area contributed by atoms with Crippen molar-refractivity contribution in [2.45, 2.75) is 56.4 Å². The SMILES string of the molecule is N[C@@H](CCCCNC1CC1c1ccccc1)C(=O)NCc1cccc(C(F)(F)F)c1. The van der Waals surface area contributed by atoms with Crippen LogP contribution < -0.4 is 16.4 Å². The number of benzene rings is 2. The van der Waals surface area contributed by atoms with Crippen LogP contribution in [0.5, 0.6) is 0 Å². The number of amides is 1. The van der Waals surface area contributed by atoms with Gasteiger partial charge >= 0.3 is 6.18 Å². The molecule has 4 nitrogen and oxygen atoms in total. The fourth-order valence-corrected chi connectivity index (χ4v) is 3.57. The lowest BCUT2D eigenvalue weighted by Gasteiger charge is -2.13. The summed E-state index contributed by atoms with van der Waals surface area (Å²) < 4.78 is 38.2. The first-order valence-corrected chi connectivity index (χ1v) is 10.3. The molecule has 1 saturated carbocycles. The highest BCUT2D eigenvalue weighted by atomic mass is 19.4. The minimum absolute atomic E-state index is 0.0283. The summed E-state index contributed by atoms with van der Waals surface area (Å²) in [5.41, 5.74) is 6.96. The van der Waals surface area contributed by atoms with Crippen LogP contribution in [0, 0.1) is 0 Å². The Labute approximate surface area is 175 Å². The Hall–Kier alpha value is -2.38. The molecule has 2 aromatic carbocycles. The number of carbonyl (C=O) groups excluding carboxylic acids is 1. The predicted octanol–water partition coefficient (Wildman–Crippen LogP) is 3.96. The zero-order valence-corrected chi connectivity index (χ0v) is 16.8. The van der Waals surface area contributed by atoms with Gasteiger partial charge in [-0.15, -0.1) is 0 Å². The van der Waals surface area contributed by atoms with Crippen LogP contribution in [-0.2, 0) is 17.5 Å². The highest BCUT2D eigenvalue weighted by molar-refractivity contribution is 5.81. The van der Waals surface area contributed by atoms with Crippen LogP contribution in [0.1, 0.15) is 48.3 Å². The van der Waals surface area contributed by atoms with Crippen LogP contribution in [0.2, 0.25) is 0 Å². The van der Waals surface area contributed by atoms with Gasteiger partial charge in [0, 0.05) is 18.5 Å². The summed E-state index contributed by atoms with van der Waals surface area (Å²) in [4.78, 5) is 12.1. The van der Waals surface area contributed by atoms with Crippen LogP contribution in [0.15, 0.2) is 54.6 Å². The van der Waals surface area contributed by atoms with Gasteiger partial charge in [0.25, 0.3) is 0 Å². The minimum atomic E-state index is -4.40. The van der Waals surface area contributed by atoms with Gasteiger partial charge in [0.15, 0.2) is 0 Å². The Balaban J connectivity index is 1.29. The second-order valence-electron chi connectivity index (χ2n) is 7.83. The molecule has 1 aliphatic carbocycles. The zero-order chi connectivity index (χ0) is 21.6. The van der Waals surface area contributed by atoms with Crippen molar-refractivity contribution in [2.24, 2.45) is 5.73 Å². The summed E-state index contributed by atoms with van der Waals surface area (Å²) in [5, 5.41) is 6.16. The number of alkyl halides is 3. The van der Waals surface area contributed by atoms with Gasteiger partial charge < -0.3 is 16.4 Å². The van der Waals surface area contributed by atoms with Crippen LogP contribution >= 0.6 is 0 Å². The molecule has 30 heavy (non-hydrogen) atoms. The number of halogens is 3. The van der Waals surface area contributed by atoms with Crippen molar-refractivity contribution in [1.82, 2.24) is 10.6 Å². The molecule has 7 heteroatoms. The first kappa shape index (κ1) is 22.3. The standard InChI is InChI=1S/C23H28F3N3O/c24-23(25,26)18-10-6-7-16(13-18)15-29-22(30)20(27)11-4-5-12-28-21-14-19(21)17-8-2-1-3-9-17/h1-3,6-10,13,19-21,28H,4-5,11-12,14-15,27H2,(H,29,30)/t19?,20-,21?/m0/s1. The van der Waals surface area contributed by atoms with Crippen molar-refractivity contribution in [3.63, 3.8) is 0 Å². The van der Waals surface area contributed by atoms with Gasteiger partial charge in [0.05, 0.1) is 11.6 Å². The molecule has 0 aliphatic heterocycles. The van der Waals surface area contributed by atoms with E-state index in [-0.39, 0.29) is 12.5 Å². The molecule has 0 heterocycles. The number of hydrogen-bond donors (Lipinski definition) is 3. The summed E-state index contributed by atoms with van der Waals surface area (Å²) in [5.74, 6) is 0.252. The summed E-state index contributed by atoms with van der Waals surface area (Å²) >= 11 is 0. The maximum absolute atomic E-state index is 12.7. The molecule has 1 aliphatic rings. The molecule has 1 fully saturated rings. The third-order valence-corrected chi connectivity index (χ3v) is 5.42. The number of hydrogen-bond acceptors (Lipinski definition) is 3. The molecule has 3 atom stereocenters. The third kappa shape index (κ3) is 6.57. The van der Waals surface area contributed by atoms with Gasteiger partial charge in [-0.3, -0.25) is 4.79 Å². The second kappa shape index (κ2) is 10.1. The molecule has 162 valence electrons. The average molecular weight is 419 g/mol. The minimum Gasteiger partial charge on any atom is -0.351 e. The first-order chi connectivity index (χ1) is 14.3. The van der Waals surface area contributed by atoms with E-state index in [1.54, 1.807) is 6.07 Å². The molecule has 2 aromatic rings. The molecule has 1 amide bonds. The van der Waals surface area contributed by atoms with Crippen LogP contribution in [-0.4, -0.2) is 24.5 Å². The maximum Gasteiger partial charge on any atom is 0.416 e. The van der Waals surface area contributed by atoms with E-state index in [2.05, 4.69) is 34.9 Å². The zero-order valence-electron chi connectivity index (χ0n) is 16.8. The predicted molar refractivity (Wildman–Crippen MR) is 111 cm³/mol. The topological polar surface area (TPSA) is 67.1 Å². The lowest BCUT2D eigenvalue weighted by atomic mass is 10.1. The van der Waals surface area contributed by atoms with E-state index in [9.17, 15) is 18.0 Å². The van der Waals surface area contributed by atoms with Crippen molar-refractivity contribution in [3.05, 3.63) is 71.3 Å². The van der Waals surface area contributed by atoms with Crippen molar-refractivity contribution in [3.8, 4) is 0 Å². The number of carbonyl (C=O) groups is 1. The lowest BCUT2D eigenvalue weighted by Crippen LogP contribution is -2.40. The Morgan fingerprint density at radius 1 is 1.10 bits per heavy atom. The number of unbranched alkanes of at least 4 members (excludes halogenated alkanes) is 1. The van der Waals surface area contributed by atoms with E-state index in [1.807, 2.05) is 6.07 Å². The fourth-order valence-electron chi connectivity index (χ4n) is 3.57. The van der Waals surface area contributed by atoms with E-state index in [0.717, 1.165) is 37.9 Å². The Kier molecular flexibility index (Phi) is 7.50. The number of nitrogens with one attached hydrogen (secondary N) is 2. The van der Waals surface area contributed by atoms with Gasteiger partial charge in [0.1, 0.15) is 0 Å². The van der Waals surface area contributed by atoms with E-state index in [4.69, 9.17) is 5.73 Å². The molecule has 0 bridgehead atoms. The molecule has 4 N–H and O–H groups in total. The van der Waals surface area contributed by atoms with Gasteiger partial charge in [0.2, 0.25) is 5.91 Å². The number of rotatable bonds is 10.